The second-order valence-corrected chi connectivity index (χ2v) is 7.84. The molecule has 0 bridgehead atoms. The quantitative estimate of drug-likeness (QED) is 0.867. The Bertz CT molecular complexity index is 801. The molecule has 138 valence electrons. The average molecular weight is 374 g/mol. The number of thiazole rings is 1. The smallest absolute Gasteiger partial charge is 0.231 e. The van der Waals surface area contributed by atoms with Crippen molar-refractivity contribution in [3.63, 3.8) is 0 Å². The number of nitrogens with one attached hydrogen (secondary N) is 1. The van der Waals surface area contributed by atoms with Gasteiger partial charge >= 0.3 is 0 Å². The maximum Gasteiger partial charge on any atom is 0.231 e. The minimum absolute atomic E-state index is 0.0152. The lowest BCUT2D eigenvalue weighted by Gasteiger charge is -2.23. The predicted molar refractivity (Wildman–Crippen MR) is 97.6 cm³/mol. The molecule has 1 saturated heterocycles. The van der Waals surface area contributed by atoms with E-state index in [4.69, 9.17) is 4.42 Å². The molecule has 0 spiro atoms. The SMILES string of the molecule is CCN1CCc2nc(NC(=O)C3CC(=O)N(Cc4ccco4)C3)sc2C1. The molecule has 4 rings (SSSR count). The number of amides is 2. The lowest BCUT2D eigenvalue weighted by molar-refractivity contribution is -0.128. The molecule has 1 N–H and O–H groups in total. The van der Waals surface area contributed by atoms with Gasteiger partial charge in [-0.25, -0.2) is 4.98 Å². The fraction of sp³-hybridized carbons (Fsp3) is 0.500. The molecule has 0 radical (unpaired) electrons. The van der Waals surface area contributed by atoms with Gasteiger partial charge in [-0.05, 0) is 18.7 Å². The molecule has 1 atom stereocenters. The first-order chi connectivity index (χ1) is 12.6. The van der Waals surface area contributed by atoms with Crippen molar-refractivity contribution in [2.75, 3.05) is 25.0 Å². The number of furan rings is 1. The Hall–Kier alpha value is -2.19. The van der Waals surface area contributed by atoms with Crippen molar-refractivity contribution in [2.45, 2.75) is 32.9 Å². The van der Waals surface area contributed by atoms with Gasteiger partial charge in [-0.2, -0.15) is 0 Å². The van der Waals surface area contributed by atoms with Crippen LogP contribution in [-0.4, -0.2) is 46.2 Å². The summed E-state index contributed by atoms with van der Waals surface area (Å²) in [5, 5.41) is 3.57. The van der Waals surface area contributed by atoms with Crippen LogP contribution in [0.5, 0.6) is 0 Å². The molecule has 2 aliphatic rings. The van der Waals surface area contributed by atoms with Gasteiger partial charge in [0.2, 0.25) is 11.8 Å². The summed E-state index contributed by atoms with van der Waals surface area (Å²) < 4.78 is 5.29. The molecule has 4 heterocycles. The molecule has 2 aliphatic heterocycles. The normalized spacial score (nSPS) is 20.4. The zero-order valence-electron chi connectivity index (χ0n) is 14.7. The van der Waals surface area contributed by atoms with E-state index in [1.807, 2.05) is 6.07 Å². The second-order valence-electron chi connectivity index (χ2n) is 6.75. The predicted octanol–water partition coefficient (Wildman–Crippen LogP) is 2.10. The van der Waals surface area contributed by atoms with Crippen LogP contribution in [0.4, 0.5) is 5.13 Å². The van der Waals surface area contributed by atoms with Crippen molar-refractivity contribution in [1.29, 1.82) is 0 Å². The molecule has 2 aromatic rings. The van der Waals surface area contributed by atoms with Crippen LogP contribution in [0.2, 0.25) is 0 Å². The van der Waals surface area contributed by atoms with Gasteiger partial charge < -0.3 is 14.6 Å². The van der Waals surface area contributed by atoms with Crippen LogP contribution in [-0.2, 0) is 29.1 Å². The number of carbonyl (C=O) groups excluding carboxylic acids is 2. The van der Waals surface area contributed by atoms with Crippen LogP contribution >= 0.6 is 11.3 Å². The summed E-state index contributed by atoms with van der Waals surface area (Å²) >= 11 is 1.55. The molecule has 2 aromatic heterocycles. The molecule has 2 amide bonds. The second kappa shape index (κ2) is 7.20. The Morgan fingerprint density at radius 3 is 3.15 bits per heavy atom. The first-order valence-electron chi connectivity index (χ1n) is 8.94. The van der Waals surface area contributed by atoms with Crippen molar-refractivity contribution < 1.29 is 14.0 Å². The highest BCUT2D eigenvalue weighted by atomic mass is 32.1. The highest BCUT2D eigenvalue weighted by molar-refractivity contribution is 7.15. The number of fused-ring (bicyclic) bond motifs is 1. The Labute approximate surface area is 156 Å². The van der Waals surface area contributed by atoms with E-state index < -0.39 is 0 Å². The van der Waals surface area contributed by atoms with Crippen LogP contribution < -0.4 is 5.32 Å². The van der Waals surface area contributed by atoms with Crippen molar-refractivity contribution in [3.8, 4) is 0 Å². The third-order valence-corrected chi connectivity index (χ3v) is 6.00. The molecular formula is C18H22N4O3S. The first kappa shape index (κ1) is 17.2. The molecule has 0 aromatic carbocycles. The zero-order valence-corrected chi connectivity index (χ0v) is 15.6. The van der Waals surface area contributed by atoms with Gasteiger partial charge in [-0.15, -0.1) is 11.3 Å². The summed E-state index contributed by atoms with van der Waals surface area (Å²) in [6.07, 6.45) is 2.75. The lowest BCUT2D eigenvalue weighted by atomic mass is 10.1. The third kappa shape index (κ3) is 3.52. The molecule has 1 unspecified atom stereocenters. The highest BCUT2D eigenvalue weighted by Crippen LogP contribution is 2.29. The maximum atomic E-state index is 12.6. The number of likely N-dealkylation sites (tertiary alicyclic amines) is 1. The van der Waals surface area contributed by atoms with Crippen LogP contribution in [0.3, 0.4) is 0 Å². The molecule has 0 saturated carbocycles. The maximum absolute atomic E-state index is 12.6. The van der Waals surface area contributed by atoms with Crippen molar-refractivity contribution in [2.24, 2.45) is 5.92 Å². The van der Waals surface area contributed by atoms with E-state index in [-0.39, 0.29) is 24.2 Å². The van der Waals surface area contributed by atoms with E-state index in [0.29, 0.717) is 18.2 Å². The summed E-state index contributed by atoms with van der Waals surface area (Å²) in [5.74, 6) is 0.246. The third-order valence-electron chi connectivity index (χ3n) is 5.00. The van der Waals surface area contributed by atoms with Gasteiger partial charge in [-0.3, -0.25) is 14.5 Å². The van der Waals surface area contributed by atoms with Gasteiger partial charge in [0.15, 0.2) is 5.13 Å². The van der Waals surface area contributed by atoms with Crippen molar-refractivity contribution >= 4 is 28.3 Å². The Morgan fingerprint density at radius 2 is 2.38 bits per heavy atom. The summed E-state index contributed by atoms with van der Waals surface area (Å²) in [5.41, 5.74) is 1.09. The number of rotatable bonds is 5. The van der Waals surface area contributed by atoms with Gasteiger partial charge in [0.05, 0.1) is 24.4 Å². The summed E-state index contributed by atoms with van der Waals surface area (Å²) in [6, 6.07) is 3.63. The Kier molecular flexibility index (Phi) is 4.78. The minimum Gasteiger partial charge on any atom is -0.467 e. The van der Waals surface area contributed by atoms with Crippen molar-refractivity contribution in [3.05, 3.63) is 34.7 Å². The van der Waals surface area contributed by atoms with Gasteiger partial charge in [-0.1, -0.05) is 6.92 Å². The molecule has 8 heteroatoms. The lowest BCUT2D eigenvalue weighted by Crippen LogP contribution is -2.29. The first-order valence-corrected chi connectivity index (χ1v) is 9.76. The van der Waals surface area contributed by atoms with Gasteiger partial charge in [0.1, 0.15) is 5.76 Å². The van der Waals surface area contributed by atoms with E-state index in [1.165, 1.54) is 4.88 Å². The fourth-order valence-electron chi connectivity index (χ4n) is 3.47. The Morgan fingerprint density at radius 1 is 1.50 bits per heavy atom. The average Bonchev–Trinajstić information content (AvgIpc) is 3.35. The number of nitrogens with zero attached hydrogens (tertiary/aromatic N) is 3. The number of anilines is 1. The van der Waals surface area contributed by atoms with E-state index in [0.717, 1.165) is 37.5 Å². The number of hydrogen-bond donors (Lipinski definition) is 1. The molecule has 0 aliphatic carbocycles. The van der Waals surface area contributed by atoms with Crippen LogP contribution in [0.1, 0.15) is 29.7 Å². The van der Waals surface area contributed by atoms with E-state index in [1.54, 1.807) is 28.6 Å². The summed E-state index contributed by atoms with van der Waals surface area (Å²) in [7, 11) is 0. The summed E-state index contributed by atoms with van der Waals surface area (Å²) in [4.78, 5) is 34.6. The van der Waals surface area contributed by atoms with Crippen LogP contribution in [0.15, 0.2) is 22.8 Å². The monoisotopic (exact) mass is 374 g/mol. The molecule has 7 nitrogen and oxygen atoms in total. The number of likely N-dealkylation sites (N-methyl/N-ethyl adjacent to an activating group) is 1. The minimum atomic E-state index is -0.342. The fourth-order valence-corrected chi connectivity index (χ4v) is 4.52. The van der Waals surface area contributed by atoms with E-state index in [2.05, 4.69) is 22.1 Å². The molecule has 26 heavy (non-hydrogen) atoms. The van der Waals surface area contributed by atoms with E-state index >= 15 is 0 Å². The van der Waals surface area contributed by atoms with Gasteiger partial charge in [0, 0.05) is 37.4 Å². The standard InChI is InChI=1S/C18H22N4O3S/c1-2-21-6-5-14-15(11-21)26-18(19-14)20-17(24)12-8-16(23)22(9-12)10-13-4-3-7-25-13/h3-4,7,12H,2,5-6,8-11H2,1H3,(H,19,20,24). The largest absolute Gasteiger partial charge is 0.467 e. The topological polar surface area (TPSA) is 78.7 Å². The molecule has 1 fully saturated rings. The van der Waals surface area contributed by atoms with Gasteiger partial charge in [0.25, 0.3) is 0 Å². The molecular weight excluding hydrogens is 352 g/mol. The number of carbonyl (C=O) groups is 2. The van der Waals surface area contributed by atoms with Crippen molar-refractivity contribution in [1.82, 2.24) is 14.8 Å². The number of aromatic nitrogens is 1. The summed E-state index contributed by atoms with van der Waals surface area (Å²) in [6.45, 7) is 5.92. The van der Waals surface area contributed by atoms with Crippen LogP contribution in [0.25, 0.3) is 0 Å². The van der Waals surface area contributed by atoms with Crippen LogP contribution in [0, 0.1) is 5.92 Å². The van der Waals surface area contributed by atoms with E-state index in [9.17, 15) is 9.59 Å². The highest BCUT2D eigenvalue weighted by Gasteiger charge is 2.35. The zero-order chi connectivity index (χ0) is 18.1. The Balaban J connectivity index is 1.37. The number of hydrogen-bond acceptors (Lipinski definition) is 6.